The summed E-state index contributed by atoms with van der Waals surface area (Å²) < 4.78 is 42.9. The van der Waals surface area contributed by atoms with Gasteiger partial charge in [-0.2, -0.15) is 18.2 Å². The van der Waals surface area contributed by atoms with Gasteiger partial charge in [-0.05, 0) is 25.1 Å². The number of nitrogens with zero attached hydrogens (tertiary/aromatic N) is 2. The number of hydrogen-bond donors (Lipinski definition) is 1. The van der Waals surface area contributed by atoms with Crippen LogP contribution in [-0.2, 0) is 12.8 Å². The van der Waals surface area contributed by atoms with E-state index in [0.29, 0.717) is 11.3 Å². The fraction of sp³-hybridized carbons (Fsp3) is 0.231. The number of hydrogen-bond acceptors (Lipinski definition) is 4. The molecule has 0 unspecified atom stereocenters. The van der Waals surface area contributed by atoms with Gasteiger partial charge in [-0.25, -0.2) is 4.98 Å². The van der Waals surface area contributed by atoms with Crippen molar-refractivity contribution in [2.75, 3.05) is 0 Å². The van der Waals surface area contributed by atoms with E-state index in [9.17, 15) is 13.2 Å². The molecule has 7 heteroatoms. The highest BCUT2D eigenvalue weighted by atomic mass is 19.4. The average molecular weight is 284 g/mol. The Kier molecular flexibility index (Phi) is 3.89. The Balaban J connectivity index is 2.24. The number of aliphatic hydroxyl groups excluding tert-OH is 1. The van der Waals surface area contributed by atoms with Crippen LogP contribution in [0.1, 0.15) is 16.8 Å². The predicted octanol–water partition coefficient (Wildman–Crippen LogP) is 3.09. The maximum absolute atomic E-state index is 12.6. The summed E-state index contributed by atoms with van der Waals surface area (Å²) in [5.74, 6) is -0.00373. The maximum atomic E-state index is 12.6. The van der Waals surface area contributed by atoms with E-state index < -0.39 is 11.7 Å². The second kappa shape index (κ2) is 5.46. The summed E-state index contributed by atoms with van der Waals surface area (Å²) in [6.07, 6.45) is -3.07. The zero-order valence-electron chi connectivity index (χ0n) is 10.5. The number of ether oxygens (including phenoxy) is 1. The third-order valence-electron chi connectivity index (χ3n) is 2.60. The molecule has 0 aliphatic carbocycles. The molecule has 0 fully saturated rings. The van der Waals surface area contributed by atoms with Crippen LogP contribution in [-0.4, -0.2) is 15.1 Å². The normalized spacial score (nSPS) is 11.4. The summed E-state index contributed by atoms with van der Waals surface area (Å²) >= 11 is 0. The summed E-state index contributed by atoms with van der Waals surface area (Å²) in [6, 6.07) is 4.38. The Bertz CT molecular complexity index is 615. The third-order valence-corrected chi connectivity index (χ3v) is 2.60. The molecular formula is C13H11F3N2O2. The molecule has 4 nitrogen and oxygen atoms in total. The van der Waals surface area contributed by atoms with Crippen molar-refractivity contribution in [3.05, 3.63) is 47.3 Å². The second-order valence-corrected chi connectivity index (χ2v) is 4.05. The molecule has 0 aliphatic rings. The van der Waals surface area contributed by atoms with Gasteiger partial charge in [0.05, 0.1) is 17.9 Å². The molecule has 0 spiro atoms. The van der Waals surface area contributed by atoms with Crippen LogP contribution in [0.5, 0.6) is 11.8 Å². The van der Waals surface area contributed by atoms with Crippen molar-refractivity contribution in [1.82, 2.24) is 9.97 Å². The van der Waals surface area contributed by atoms with Crippen molar-refractivity contribution in [3.63, 3.8) is 0 Å². The molecule has 0 aliphatic heterocycles. The average Bonchev–Trinajstić information content (AvgIpc) is 2.38. The molecule has 0 saturated heterocycles. The number of aryl methyl sites for hydroxylation is 1. The highest BCUT2D eigenvalue weighted by Gasteiger charge is 2.30. The van der Waals surface area contributed by atoms with Crippen molar-refractivity contribution >= 4 is 0 Å². The van der Waals surface area contributed by atoms with Gasteiger partial charge in [-0.15, -0.1) is 0 Å². The Morgan fingerprint density at radius 3 is 2.65 bits per heavy atom. The van der Waals surface area contributed by atoms with E-state index >= 15 is 0 Å². The minimum atomic E-state index is -4.43. The molecule has 2 aromatic rings. The quantitative estimate of drug-likeness (QED) is 0.941. The molecule has 0 atom stereocenters. The van der Waals surface area contributed by atoms with E-state index in [0.717, 1.165) is 12.1 Å². The fourth-order valence-electron chi connectivity index (χ4n) is 1.52. The lowest BCUT2D eigenvalue weighted by atomic mass is 10.2. The fourth-order valence-corrected chi connectivity index (χ4v) is 1.52. The van der Waals surface area contributed by atoms with Crippen LogP contribution in [0, 0.1) is 6.92 Å². The van der Waals surface area contributed by atoms with Gasteiger partial charge in [0, 0.05) is 11.8 Å². The first-order valence-electron chi connectivity index (χ1n) is 5.68. The number of aromatic nitrogens is 2. The van der Waals surface area contributed by atoms with Gasteiger partial charge >= 0.3 is 12.2 Å². The summed E-state index contributed by atoms with van der Waals surface area (Å²) in [7, 11) is 0. The minimum absolute atomic E-state index is 0.00373. The van der Waals surface area contributed by atoms with Gasteiger partial charge in [0.25, 0.3) is 0 Å². The summed E-state index contributed by atoms with van der Waals surface area (Å²) in [5.41, 5.74) is 0.226. The molecule has 0 amide bonds. The van der Waals surface area contributed by atoms with E-state index in [2.05, 4.69) is 9.97 Å². The molecule has 2 rings (SSSR count). The largest absolute Gasteiger partial charge is 0.424 e. The summed E-state index contributed by atoms with van der Waals surface area (Å²) in [5, 5.41) is 8.98. The zero-order chi connectivity index (χ0) is 14.8. The summed E-state index contributed by atoms with van der Waals surface area (Å²) in [6.45, 7) is 1.43. The van der Waals surface area contributed by atoms with Crippen molar-refractivity contribution in [2.24, 2.45) is 0 Å². The molecule has 20 heavy (non-hydrogen) atoms. The van der Waals surface area contributed by atoms with Gasteiger partial charge in [0.1, 0.15) is 5.75 Å². The number of halogens is 3. The van der Waals surface area contributed by atoms with E-state index in [1.54, 1.807) is 6.92 Å². The zero-order valence-corrected chi connectivity index (χ0v) is 10.5. The van der Waals surface area contributed by atoms with Crippen LogP contribution < -0.4 is 4.74 Å². The number of alkyl halides is 3. The van der Waals surface area contributed by atoms with Gasteiger partial charge in [0.2, 0.25) is 0 Å². The Morgan fingerprint density at radius 2 is 2.05 bits per heavy atom. The Labute approximate surface area is 112 Å². The highest BCUT2D eigenvalue weighted by molar-refractivity contribution is 5.32. The van der Waals surface area contributed by atoms with E-state index in [4.69, 9.17) is 9.84 Å². The van der Waals surface area contributed by atoms with Crippen LogP contribution in [0.4, 0.5) is 13.2 Å². The molecule has 0 radical (unpaired) electrons. The molecular weight excluding hydrogens is 273 g/mol. The first-order valence-corrected chi connectivity index (χ1v) is 5.68. The summed E-state index contributed by atoms with van der Waals surface area (Å²) in [4.78, 5) is 7.78. The number of aliphatic hydroxyl groups is 1. The van der Waals surface area contributed by atoms with Crippen LogP contribution in [0.25, 0.3) is 0 Å². The molecule has 106 valence electrons. The van der Waals surface area contributed by atoms with Crippen LogP contribution in [0.2, 0.25) is 0 Å². The smallest absolute Gasteiger partial charge is 0.416 e. The Morgan fingerprint density at radius 1 is 1.30 bits per heavy atom. The van der Waals surface area contributed by atoms with Gasteiger partial charge in [-0.1, -0.05) is 6.07 Å². The molecule has 1 aromatic heterocycles. The van der Waals surface area contributed by atoms with Crippen molar-refractivity contribution in [3.8, 4) is 11.8 Å². The lowest BCUT2D eigenvalue weighted by molar-refractivity contribution is -0.137. The van der Waals surface area contributed by atoms with Gasteiger partial charge < -0.3 is 9.84 Å². The van der Waals surface area contributed by atoms with E-state index in [1.807, 2.05) is 0 Å². The second-order valence-electron chi connectivity index (χ2n) is 4.05. The van der Waals surface area contributed by atoms with Crippen LogP contribution >= 0.6 is 0 Å². The van der Waals surface area contributed by atoms with Crippen LogP contribution in [0.15, 0.2) is 30.5 Å². The van der Waals surface area contributed by atoms with Gasteiger partial charge in [-0.3, -0.25) is 0 Å². The Hall–Kier alpha value is -2.15. The third kappa shape index (κ3) is 3.24. The minimum Gasteiger partial charge on any atom is -0.424 e. The first-order chi connectivity index (χ1) is 9.40. The molecule has 1 N–H and O–H groups in total. The SMILES string of the molecule is Cc1nc(Oc2cccc(C(F)(F)F)c2)ncc1CO. The van der Waals surface area contributed by atoms with Crippen molar-refractivity contribution in [1.29, 1.82) is 0 Å². The highest BCUT2D eigenvalue weighted by Crippen LogP contribution is 2.32. The molecule has 1 aromatic carbocycles. The van der Waals surface area contributed by atoms with E-state index in [-0.39, 0.29) is 18.4 Å². The monoisotopic (exact) mass is 284 g/mol. The number of rotatable bonds is 3. The standard InChI is InChI=1S/C13H11F3N2O2/c1-8-9(7-19)6-17-12(18-8)20-11-4-2-3-10(5-11)13(14,15)16/h2-6,19H,7H2,1H3. The van der Waals surface area contributed by atoms with Crippen LogP contribution in [0.3, 0.4) is 0 Å². The predicted molar refractivity (Wildman–Crippen MR) is 64.2 cm³/mol. The topological polar surface area (TPSA) is 55.2 Å². The number of benzene rings is 1. The first kappa shape index (κ1) is 14.3. The van der Waals surface area contributed by atoms with Crippen molar-refractivity contribution < 1.29 is 23.0 Å². The maximum Gasteiger partial charge on any atom is 0.416 e. The lowest BCUT2D eigenvalue weighted by Crippen LogP contribution is -2.05. The molecule has 0 bridgehead atoms. The van der Waals surface area contributed by atoms with E-state index in [1.165, 1.54) is 18.3 Å². The van der Waals surface area contributed by atoms with Gasteiger partial charge in [0.15, 0.2) is 0 Å². The van der Waals surface area contributed by atoms with Crippen molar-refractivity contribution in [2.45, 2.75) is 19.7 Å². The molecule has 1 heterocycles. The lowest BCUT2D eigenvalue weighted by Gasteiger charge is -2.09. The molecule has 0 saturated carbocycles.